The molecule has 0 N–H and O–H groups in total. The maximum absolute atomic E-state index is 13.4. The topological polar surface area (TPSA) is 55.8 Å². The summed E-state index contributed by atoms with van der Waals surface area (Å²) in [4.78, 5) is 0. The molecule has 2 aromatic rings. The minimum Gasteiger partial charge on any atom is -0.497 e. The molecule has 2 rings (SSSR count). The molecule has 0 spiro atoms. The molecule has 0 amide bonds. The van der Waals surface area contributed by atoms with E-state index < -0.39 is 15.3 Å². The Morgan fingerprint density at radius 3 is 1.66 bits per heavy atom. The van der Waals surface area contributed by atoms with E-state index in [4.69, 9.17) is 9.47 Å². The Morgan fingerprint density at radius 2 is 1.31 bits per heavy atom. The lowest BCUT2D eigenvalue weighted by molar-refractivity contribution is 0.381. The van der Waals surface area contributed by atoms with Crippen molar-refractivity contribution < 1.29 is 17.9 Å². The first kappa shape index (κ1) is 23.0. The molecule has 2 atom stereocenters. The fraction of sp³-hybridized carbons (Fsp3) is 0.391. The zero-order valence-corrected chi connectivity index (χ0v) is 18.5. The summed E-state index contributed by atoms with van der Waals surface area (Å²) in [6.07, 6.45) is 2.42. The van der Waals surface area contributed by atoms with E-state index >= 15 is 0 Å². The number of nitrogens with zero attached hydrogens (tertiary/aromatic N) is 1. The number of rotatable bonds is 11. The molecule has 0 radical (unpaired) electrons. The molecule has 0 fully saturated rings. The average molecular weight is 418 g/mol. The molecule has 29 heavy (non-hydrogen) atoms. The van der Waals surface area contributed by atoms with Gasteiger partial charge in [0.2, 0.25) is 10.0 Å². The maximum Gasteiger partial charge on any atom is 0.217 e. The number of hydrogen-bond donors (Lipinski definition) is 0. The third-order valence-corrected chi connectivity index (χ3v) is 7.59. The van der Waals surface area contributed by atoms with Crippen molar-refractivity contribution >= 4 is 10.0 Å². The molecule has 0 unspecified atom stereocenters. The molecular weight excluding hydrogens is 386 g/mol. The van der Waals surface area contributed by atoms with Gasteiger partial charge in [0.1, 0.15) is 11.5 Å². The van der Waals surface area contributed by atoms with E-state index in [0.29, 0.717) is 19.5 Å². The second-order valence-corrected chi connectivity index (χ2v) is 9.51. The second kappa shape index (κ2) is 10.5. The van der Waals surface area contributed by atoms with Gasteiger partial charge in [0, 0.05) is 13.1 Å². The molecule has 2 aromatic carbocycles. The lowest BCUT2D eigenvalue weighted by atomic mass is 10.1. The number of benzene rings is 2. The summed E-state index contributed by atoms with van der Waals surface area (Å²) in [5.41, 5.74) is 1.82. The van der Waals surface area contributed by atoms with Crippen LogP contribution in [-0.4, -0.2) is 32.2 Å². The van der Waals surface area contributed by atoms with Crippen molar-refractivity contribution in [2.45, 2.75) is 38.6 Å². The molecule has 0 aliphatic rings. The van der Waals surface area contributed by atoms with Crippen molar-refractivity contribution in [3.05, 3.63) is 72.3 Å². The van der Waals surface area contributed by atoms with Gasteiger partial charge in [-0.05, 0) is 54.7 Å². The highest BCUT2D eigenvalue weighted by Gasteiger charge is 2.32. The molecule has 0 saturated heterocycles. The minimum absolute atomic E-state index is 0.0215. The van der Waals surface area contributed by atoms with Gasteiger partial charge in [-0.1, -0.05) is 37.3 Å². The summed E-state index contributed by atoms with van der Waals surface area (Å²) in [6.45, 7) is 8.06. The number of sulfonamides is 1. The normalized spacial score (nSPS) is 13.7. The lowest BCUT2D eigenvalue weighted by Crippen LogP contribution is -2.39. The van der Waals surface area contributed by atoms with Crippen LogP contribution in [0.25, 0.3) is 0 Å². The van der Waals surface area contributed by atoms with Gasteiger partial charge in [0.05, 0.1) is 19.5 Å². The van der Waals surface area contributed by atoms with E-state index in [2.05, 4.69) is 6.58 Å². The Kier molecular flexibility index (Phi) is 8.29. The van der Waals surface area contributed by atoms with Crippen LogP contribution >= 0.6 is 0 Å². The van der Waals surface area contributed by atoms with Gasteiger partial charge in [0.15, 0.2) is 0 Å². The molecule has 0 bridgehead atoms. The van der Waals surface area contributed by atoms with Crippen LogP contribution in [0, 0.1) is 5.92 Å². The molecule has 0 aliphatic carbocycles. The molecule has 5 nitrogen and oxygen atoms in total. The number of hydrogen-bond acceptors (Lipinski definition) is 4. The zero-order chi connectivity index (χ0) is 21.4. The zero-order valence-electron chi connectivity index (χ0n) is 17.7. The predicted molar refractivity (Wildman–Crippen MR) is 118 cm³/mol. The van der Waals surface area contributed by atoms with Crippen LogP contribution in [0.4, 0.5) is 0 Å². The molecule has 0 aromatic heterocycles. The van der Waals surface area contributed by atoms with Crippen LogP contribution in [0.1, 0.15) is 31.4 Å². The third-order valence-electron chi connectivity index (χ3n) is 5.21. The minimum atomic E-state index is -3.53. The second-order valence-electron chi connectivity index (χ2n) is 7.22. The first-order valence-corrected chi connectivity index (χ1v) is 11.2. The molecule has 0 saturated carbocycles. The largest absolute Gasteiger partial charge is 0.497 e. The standard InChI is InChI=1S/C23H31NO4S/c1-6-7-18(2)19(3)29(25,26)24(16-20-8-12-22(27-4)13-9-20)17-21-10-14-23(28-5)15-11-21/h6,8-15,18-19H,1,7,16-17H2,2-5H3/t18-,19-/m1/s1. The van der Waals surface area contributed by atoms with Crippen LogP contribution in [-0.2, 0) is 23.1 Å². The highest BCUT2D eigenvalue weighted by molar-refractivity contribution is 7.89. The Hall–Kier alpha value is -2.31. The molecule has 6 heteroatoms. The van der Waals surface area contributed by atoms with Crippen molar-refractivity contribution in [2.75, 3.05) is 14.2 Å². The van der Waals surface area contributed by atoms with Gasteiger partial charge in [0.25, 0.3) is 0 Å². The van der Waals surface area contributed by atoms with Crippen molar-refractivity contribution in [2.24, 2.45) is 5.92 Å². The van der Waals surface area contributed by atoms with Crippen molar-refractivity contribution in [3.63, 3.8) is 0 Å². The summed E-state index contributed by atoms with van der Waals surface area (Å²) in [6, 6.07) is 15.0. The van der Waals surface area contributed by atoms with E-state index in [1.165, 1.54) is 0 Å². The number of ether oxygens (including phenoxy) is 2. The molecular formula is C23H31NO4S. The van der Waals surface area contributed by atoms with Gasteiger partial charge in [-0.15, -0.1) is 6.58 Å². The van der Waals surface area contributed by atoms with E-state index in [9.17, 15) is 8.42 Å². The van der Waals surface area contributed by atoms with Gasteiger partial charge in [-0.3, -0.25) is 0 Å². The predicted octanol–water partition coefficient (Wildman–Crippen LogP) is 4.64. The van der Waals surface area contributed by atoms with Gasteiger partial charge >= 0.3 is 0 Å². The summed E-state index contributed by atoms with van der Waals surface area (Å²) in [5.74, 6) is 1.46. The number of allylic oxidation sites excluding steroid dienone is 1. The molecule has 0 heterocycles. The average Bonchev–Trinajstić information content (AvgIpc) is 2.73. The van der Waals surface area contributed by atoms with Crippen LogP contribution in [0.5, 0.6) is 11.5 Å². The van der Waals surface area contributed by atoms with E-state index in [0.717, 1.165) is 22.6 Å². The highest BCUT2D eigenvalue weighted by atomic mass is 32.2. The number of methoxy groups -OCH3 is 2. The van der Waals surface area contributed by atoms with Crippen LogP contribution in [0.2, 0.25) is 0 Å². The maximum atomic E-state index is 13.4. The quantitative estimate of drug-likeness (QED) is 0.500. The smallest absolute Gasteiger partial charge is 0.217 e. The van der Waals surface area contributed by atoms with E-state index in [-0.39, 0.29) is 5.92 Å². The third kappa shape index (κ3) is 6.08. The van der Waals surface area contributed by atoms with Gasteiger partial charge in [-0.2, -0.15) is 4.31 Å². The van der Waals surface area contributed by atoms with Crippen molar-refractivity contribution in [3.8, 4) is 11.5 Å². The highest BCUT2D eigenvalue weighted by Crippen LogP contribution is 2.25. The monoisotopic (exact) mass is 417 g/mol. The first-order chi connectivity index (χ1) is 13.8. The van der Waals surface area contributed by atoms with Crippen molar-refractivity contribution in [1.29, 1.82) is 0 Å². The summed E-state index contributed by atoms with van der Waals surface area (Å²) >= 11 is 0. The Morgan fingerprint density at radius 1 is 0.897 bits per heavy atom. The lowest BCUT2D eigenvalue weighted by Gasteiger charge is -2.29. The molecule has 158 valence electrons. The van der Waals surface area contributed by atoms with E-state index in [1.54, 1.807) is 31.5 Å². The molecule has 0 aliphatic heterocycles. The Bertz CT molecular complexity index is 827. The van der Waals surface area contributed by atoms with Crippen LogP contribution < -0.4 is 9.47 Å². The first-order valence-electron chi connectivity index (χ1n) is 9.67. The SMILES string of the molecule is C=CC[C@@H](C)[C@@H](C)S(=O)(=O)N(Cc1ccc(OC)cc1)Cc1ccc(OC)cc1. The summed E-state index contributed by atoms with van der Waals surface area (Å²) in [7, 11) is -0.309. The Labute approximate surface area is 175 Å². The van der Waals surface area contributed by atoms with Crippen LogP contribution in [0.15, 0.2) is 61.2 Å². The van der Waals surface area contributed by atoms with E-state index in [1.807, 2.05) is 55.5 Å². The fourth-order valence-corrected chi connectivity index (χ4v) is 4.91. The summed E-state index contributed by atoms with van der Waals surface area (Å²) in [5, 5.41) is -0.517. The summed E-state index contributed by atoms with van der Waals surface area (Å²) < 4.78 is 38.8. The van der Waals surface area contributed by atoms with Gasteiger partial charge in [-0.25, -0.2) is 8.42 Å². The Balaban J connectivity index is 2.32. The van der Waals surface area contributed by atoms with Crippen LogP contribution in [0.3, 0.4) is 0 Å². The van der Waals surface area contributed by atoms with Gasteiger partial charge < -0.3 is 9.47 Å². The fourth-order valence-electron chi connectivity index (χ4n) is 3.09. The van der Waals surface area contributed by atoms with Crippen molar-refractivity contribution in [1.82, 2.24) is 4.31 Å².